The molecule has 0 N–H and O–H groups in total. The Bertz CT molecular complexity index is 304. The Morgan fingerprint density at radius 3 is 1.81 bits per heavy atom. The Labute approximate surface area is 126 Å². The molecule has 1 saturated carbocycles. The van der Waals surface area contributed by atoms with E-state index >= 15 is 0 Å². The summed E-state index contributed by atoms with van der Waals surface area (Å²) in [5.74, 6) is -1.17. The molecule has 1 aliphatic carbocycles. The molecule has 0 heterocycles. The van der Waals surface area contributed by atoms with Gasteiger partial charge in [-0.05, 0) is 40.0 Å². The second kappa shape index (κ2) is 9.73. The molecule has 0 amide bonds. The van der Waals surface area contributed by atoms with E-state index in [1.807, 2.05) is 6.92 Å². The van der Waals surface area contributed by atoms with Crippen LogP contribution in [0.5, 0.6) is 0 Å². The molecule has 1 fully saturated rings. The van der Waals surface area contributed by atoms with Gasteiger partial charge in [-0.25, -0.2) is 0 Å². The number of esters is 2. The maximum absolute atomic E-state index is 11.9. The molecular weight excluding hydrogens is 276 g/mol. The van der Waals surface area contributed by atoms with Crippen molar-refractivity contribution in [2.75, 3.05) is 26.6 Å². The molecule has 0 bridgehead atoms. The molecule has 2 unspecified atom stereocenters. The molecule has 0 radical (unpaired) electrons. The van der Waals surface area contributed by atoms with Gasteiger partial charge in [0.05, 0.1) is 31.2 Å². The van der Waals surface area contributed by atoms with Gasteiger partial charge >= 0.3 is 11.9 Å². The van der Waals surface area contributed by atoms with E-state index in [0.29, 0.717) is 39.1 Å². The summed E-state index contributed by atoms with van der Waals surface area (Å²) >= 11 is 0. The third kappa shape index (κ3) is 6.01. The SMILES string of the molecule is CCOCOC1CC(C(=O)OCC)CC(C(=O)OCC)C1. The minimum Gasteiger partial charge on any atom is -0.466 e. The van der Waals surface area contributed by atoms with Crippen molar-refractivity contribution in [3.63, 3.8) is 0 Å². The highest BCUT2D eigenvalue weighted by molar-refractivity contribution is 5.76. The van der Waals surface area contributed by atoms with Crippen LogP contribution < -0.4 is 0 Å². The first-order chi connectivity index (χ1) is 10.1. The van der Waals surface area contributed by atoms with Crippen molar-refractivity contribution >= 4 is 11.9 Å². The fourth-order valence-corrected chi connectivity index (χ4v) is 2.54. The monoisotopic (exact) mass is 302 g/mol. The summed E-state index contributed by atoms with van der Waals surface area (Å²) in [6, 6.07) is 0. The maximum atomic E-state index is 11.9. The third-order valence-corrected chi connectivity index (χ3v) is 3.49. The van der Waals surface area contributed by atoms with E-state index in [4.69, 9.17) is 18.9 Å². The zero-order valence-corrected chi connectivity index (χ0v) is 13.1. The van der Waals surface area contributed by atoms with Gasteiger partial charge in [0.25, 0.3) is 0 Å². The summed E-state index contributed by atoms with van der Waals surface area (Å²) in [4.78, 5) is 23.9. The van der Waals surface area contributed by atoms with Crippen LogP contribution in [0.1, 0.15) is 40.0 Å². The van der Waals surface area contributed by atoms with Gasteiger partial charge in [0.2, 0.25) is 0 Å². The minimum absolute atomic E-state index is 0.173. The number of hydrogen-bond acceptors (Lipinski definition) is 6. The topological polar surface area (TPSA) is 71.1 Å². The average Bonchev–Trinajstić information content (AvgIpc) is 2.48. The summed E-state index contributed by atoms with van der Waals surface area (Å²) < 4.78 is 20.9. The van der Waals surface area contributed by atoms with Crippen LogP contribution in [0.3, 0.4) is 0 Å². The van der Waals surface area contributed by atoms with Gasteiger partial charge in [-0.1, -0.05) is 0 Å². The minimum atomic E-state index is -0.320. The van der Waals surface area contributed by atoms with Gasteiger partial charge in [-0.2, -0.15) is 0 Å². The average molecular weight is 302 g/mol. The van der Waals surface area contributed by atoms with Crippen molar-refractivity contribution in [3.8, 4) is 0 Å². The highest BCUT2D eigenvalue weighted by Gasteiger charge is 2.38. The summed E-state index contributed by atoms with van der Waals surface area (Å²) in [6.07, 6.45) is 1.39. The first kappa shape index (κ1) is 17.9. The van der Waals surface area contributed by atoms with E-state index in [2.05, 4.69) is 0 Å². The lowest BCUT2D eigenvalue weighted by Gasteiger charge is -2.32. The van der Waals surface area contributed by atoms with Gasteiger partial charge in [0.1, 0.15) is 6.79 Å². The largest absolute Gasteiger partial charge is 0.466 e. The van der Waals surface area contributed by atoms with Gasteiger partial charge in [0.15, 0.2) is 0 Å². The first-order valence-corrected chi connectivity index (χ1v) is 7.64. The lowest BCUT2D eigenvalue weighted by Crippen LogP contribution is -2.37. The van der Waals surface area contributed by atoms with Crippen molar-refractivity contribution in [1.82, 2.24) is 0 Å². The fraction of sp³-hybridized carbons (Fsp3) is 0.867. The number of carbonyl (C=O) groups is 2. The highest BCUT2D eigenvalue weighted by atomic mass is 16.7. The number of hydrogen-bond donors (Lipinski definition) is 0. The lowest BCUT2D eigenvalue weighted by molar-refractivity contribution is -0.163. The molecule has 1 rings (SSSR count). The van der Waals surface area contributed by atoms with E-state index in [0.717, 1.165) is 0 Å². The van der Waals surface area contributed by atoms with Gasteiger partial charge in [-0.15, -0.1) is 0 Å². The normalized spacial score (nSPS) is 25.4. The fourth-order valence-electron chi connectivity index (χ4n) is 2.54. The standard InChI is InChI=1S/C15H26O6/c1-4-18-10-21-13-8-11(14(16)19-5-2)7-12(9-13)15(17)20-6-3/h11-13H,4-10H2,1-3H3. The second-order valence-electron chi connectivity index (χ2n) is 5.00. The van der Waals surface area contributed by atoms with Crippen LogP contribution in [0.25, 0.3) is 0 Å². The Kier molecular flexibility index (Phi) is 8.30. The molecule has 0 saturated heterocycles. The molecule has 0 aromatic heterocycles. The van der Waals surface area contributed by atoms with E-state index < -0.39 is 0 Å². The third-order valence-electron chi connectivity index (χ3n) is 3.49. The molecule has 2 atom stereocenters. The molecule has 1 aliphatic rings. The van der Waals surface area contributed by atoms with Gasteiger partial charge in [-0.3, -0.25) is 9.59 Å². The van der Waals surface area contributed by atoms with Crippen molar-refractivity contribution in [2.45, 2.75) is 46.1 Å². The first-order valence-electron chi connectivity index (χ1n) is 7.64. The van der Waals surface area contributed by atoms with Crippen LogP contribution >= 0.6 is 0 Å². The van der Waals surface area contributed by atoms with Crippen LogP contribution in [0.2, 0.25) is 0 Å². The van der Waals surface area contributed by atoms with Crippen molar-refractivity contribution in [2.24, 2.45) is 11.8 Å². The zero-order valence-electron chi connectivity index (χ0n) is 13.1. The van der Waals surface area contributed by atoms with Gasteiger partial charge in [0, 0.05) is 6.61 Å². The summed E-state index contributed by atoms with van der Waals surface area (Å²) in [6.45, 7) is 6.83. The molecule has 6 nitrogen and oxygen atoms in total. The molecular formula is C15H26O6. The molecule has 0 spiro atoms. The van der Waals surface area contributed by atoms with E-state index in [1.54, 1.807) is 13.8 Å². The Morgan fingerprint density at radius 1 is 0.857 bits per heavy atom. The Hall–Kier alpha value is -1.14. The van der Waals surface area contributed by atoms with E-state index in [9.17, 15) is 9.59 Å². The van der Waals surface area contributed by atoms with E-state index in [1.165, 1.54) is 0 Å². The van der Waals surface area contributed by atoms with Crippen molar-refractivity contribution in [3.05, 3.63) is 0 Å². The van der Waals surface area contributed by atoms with Crippen LogP contribution in [-0.2, 0) is 28.5 Å². The summed E-state index contributed by atoms with van der Waals surface area (Å²) in [7, 11) is 0. The summed E-state index contributed by atoms with van der Waals surface area (Å²) in [5, 5.41) is 0. The van der Waals surface area contributed by atoms with Crippen molar-refractivity contribution in [1.29, 1.82) is 0 Å². The summed E-state index contributed by atoms with van der Waals surface area (Å²) in [5.41, 5.74) is 0. The molecule has 0 aromatic carbocycles. The molecule has 0 aliphatic heterocycles. The Balaban J connectivity index is 2.63. The van der Waals surface area contributed by atoms with E-state index in [-0.39, 0.29) is 36.7 Å². The van der Waals surface area contributed by atoms with Crippen molar-refractivity contribution < 1.29 is 28.5 Å². The maximum Gasteiger partial charge on any atom is 0.309 e. The molecule has 0 aromatic rings. The highest BCUT2D eigenvalue weighted by Crippen LogP contribution is 2.32. The predicted molar refractivity (Wildman–Crippen MR) is 75.5 cm³/mol. The predicted octanol–water partition coefficient (Wildman–Crippen LogP) is 1.91. The van der Waals surface area contributed by atoms with Gasteiger partial charge < -0.3 is 18.9 Å². The molecule has 21 heavy (non-hydrogen) atoms. The number of rotatable bonds is 8. The van der Waals surface area contributed by atoms with Crippen LogP contribution in [-0.4, -0.2) is 44.7 Å². The molecule has 6 heteroatoms. The smallest absolute Gasteiger partial charge is 0.309 e. The van der Waals surface area contributed by atoms with Crippen LogP contribution in [0, 0.1) is 11.8 Å². The zero-order chi connectivity index (χ0) is 15.7. The number of carbonyl (C=O) groups excluding carboxylic acids is 2. The number of ether oxygens (including phenoxy) is 4. The van der Waals surface area contributed by atoms with Crippen LogP contribution in [0.4, 0.5) is 0 Å². The van der Waals surface area contributed by atoms with Crippen LogP contribution in [0.15, 0.2) is 0 Å². The Morgan fingerprint density at radius 2 is 1.38 bits per heavy atom. The second-order valence-corrected chi connectivity index (χ2v) is 5.00. The lowest BCUT2D eigenvalue weighted by atomic mass is 9.79. The quantitative estimate of drug-likeness (QED) is 0.387. The molecule has 122 valence electrons.